The molecule has 0 aliphatic carbocycles. The molecule has 2 rings (SSSR count). The summed E-state index contributed by atoms with van der Waals surface area (Å²) in [4.78, 5) is 0.164. The molecule has 0 bridgehead atoms. The monoisotopic (exact) mass is 267 g/mol. The quantitative estimate of drug-likeness (QED) is 0.855. The first kappa shape index (κ1) is 12.8. The van der Waals surface area contributed by atoms with Crippen LogP contribution in [0.25, 0.3) is 0 Å². The standard InChI is InChI=1S/C12H13NO4S/c14-11(12-7-4-8-17-12)9-13-18(15,16)10-5-2-1-3-6-10/h1-8,11,13-14H,9H2. The van der Waals surface area contributed by atoms with Gasteiger partial charge in [0, 0.05) is 6.54 Å². The maximum Gasteiger partial charge on any atom is 0.240 e. The van der Waals surface area contributed by atoms with Gasteiger partial charge >= 0.3 is 0 Å². The van der Waals surface area contributed by atoms with Gasteiger partial charge in [-0.05, 0) is 24.3 Å². The van der Waals surface area contributed by atoms with E-state index in [0.717, 1.165) is 0 Å². The third-order valence-corrected chi connectivity index (χ3v) is 3.83. The van der Waals surface area contributed by atoms with E-state index in [1.54, 1.807) is 30.3 Å². The number of aliphatic hydroxyl groups excluding tert-OH is 1. The Labute approximate surface area is 105 Å². The molecule has 0 saturated heterocycles. The van der Waals surface area contributed by atoms with E-state index in [9.17, 15) is 13.5 Å². The molecule has 1 atom stereocenters. The Bertz CT molecular complexity index is 578. The van der Waals surface area contributed by atoms with E-state index in [1.165, 1.54) is 18.4 Å². The molecular formula is C12H13NO4S. The highest BCUT2D eigenvalue weighted by atomic mass is 32.2. The lowest BCUT2D eigenvalue weighted by Crippen LogP contribution is -2.28. The van der Waals surface area contributed by atoms with Crippen molar-refractivity contribution in [1.29, 1.82) is 0 Å². The third kappa shape index (κ3) is 2.98. The molecule has 96 valence electrons. The fraction of sp³-hybridized carbons (Fsp3) is 0.167. The molecule has 1 heterocycles. The van der Waals surface area contributed by atoms with E-state index in [1.807, 2.05) is 0 Å². The zero-order valence-electron chi connectivity index (χ0n) is 9.48. The van der Waals surface area contributed by atoms with Gasteiger partial charge in [0.05, 0.1) is 11.2 Å². The zero-order chi connectivity index (χ0) is 13.0. The Morgan fingerprint density at radius 2 is 1.89 bits per heavy atom. The maximum absolute atomic E-state index is 11.9. The normalized spacial score (nSPS) is 13.4. The summed E-state index contributed by atoms with van der Waals surface area (Å²) in [6.45, 7) is -0.134. The Balaban J connectivity index is 2.02. The molecule has 2 N–H and O–H groups in total. The predicted molar refractivity (Wildman–Crippen MR) is 65.3 cm³/mol. The van der Waals surface area contributed by atoms with Crippen molar-refractivity contribution < 1.29 is 17.9 Å². The van der Waals surface area contributed by atoms with Crippen molar-refractivity contribution in [2.45, 2.75) is 11.0 Å². The van der Waals surface area contributed by atoms with E-state index >= 15 is 0 Å². The van der Waals surface area contributed by atoms with Crippen molar-refractivity contribution in [2.24, 2.45) is 0 Å². The number of sulfonamides is 1. The summed E-state index contributed by atoms with van der Waals surface area (Å²) < 4.78 is 31.0. The van der Waals surface area contributed by atoms with Gasteiger partial charge in [-0.2, -0.15) is 0 Å². The topological polar surface area (TPSA) is 79.5 Å². The molecule has 0 radical (unpaired) electrons. The molecule has 1 aromatic carbocycles. The van der Waals surface area contributed by atoms with Crippen LogP contribution in [0.3, 0.4) is 0 Å². The van der Waals surface area contributed by atoms with E-state index in [0.29, 0.717) is 5.76 Å². The van der Waals surface area contributed by atoms with Crippen molar-refractivity contribution in [1.82, 2.24) is 4.72 Å². The van der Waals surface area contributed by atoms with Crippen molar-refractivity contribution in [3.05, 3.63) is 54.5 Å². The van der Waals surface area contributed by atoms with Crippen LogP contribution >= 0.6 is 0 Å². The van der Waals surface area contributed by atoms with E-state index < -0.39 is 16.1 Å². The van der Waals surface area contributed by atoms with Crippen LogP contribution in [0.2, 0.25) is 0 Å². The number of hydrogen-bond donors (Lipinski definition) is 2. The van der Waals surface area contributed by atoms with Crippen LogP contribution in [-0.4, -0.2) is 20.1 Å². The van der Waals surface area contributed by atoms with Crippen LogP contribution in [-0.2, 0) is 10.0 Å². The van der Waals surface area contributed by atoms with Crippen molar-refractivity contribution >= 4 is 10.0 Å². The van der Waals surface area contributed by atoms with Gasteiger partial charge in [-0.25, -0.2) is 13.1 Å². The SMILES string of the molecule is O=S(=O)(NCC(O)c1ccco1)c1ccccc1. The lowest BCUT2D eigenvalue weighted by atomic mass is 10.3. The van der Waals surface area contributed by atoms with Gasteiger partial charge in [-0.15, -0.1) is 0 Å². The molecule has 0 spiro atoms. The summed E-state index contributed by atoms with van der Waals surface area (Å²) in [5.74, 6) is 0.325. The molecule has 0 amide bonds. The minimum Gasteiger partial charge on any atom is -0.467 e. The summed E-state index contributed by atoms with van der Waals surface area (Å²) in [7, 11) is -3.60. The fourth-order valence-corrected chi connectivity index (χ4v) is 2.51. The van der Waals surface area contributed by atoms with Gasteiger partial charge in [-0.3, -0.25) is 0 Å². The predicted octanol–water partition coefficient (Wildman–Crippen LogP) is 1.29. The summed E-state index contributed by atoms with van der Waals surface area (Å²) in [5.41, 5.74) is 0. The first-order valence-electron chi connectivity index (χ1n) is 5.36. The first-order valence-corrected chi connectivity index (χ1v) is 6.84. The average Bonchev–Trinajstić information content (AvgIpc) is 2.91. The highest BCUT2D eigenvalue weighted by Gasteiger charge is 2.17. The van der Waals surface area contributed by atoms with Gasteiger partial charge in [-0.1, -0.05) is 18.2 Å². The number of aliphatic hydroxyl groups is 1. The molecule has 18 heavy (non-hydrogen) atoms. The van der Waals surface area contributed by atoms with Crippen LogP contribution < -0.4 is 4.72 Å². The van der Waals surface area contributed by atoms with Crippen molar-refractivity contribution in [3.8, 4) is 0 Å². The second-order valence-electron chi connectivity index (χ2n) is 3.70. The average molecular weight is 267 g/mol. The maximum atomic E-state index is 11.9. The smallest absolute Gasteiger partial charge is 0.240 e. The van der Waals surface area contributed by atoms with E-state index in [2.05, 4.69) is 4.72 Å². The number of furan rings is 1. The van der Waals surface area contributed by atoms with Gasteiger partial charge in [0.25, 0.3) is 0 Å². The van der Waals surface area contributed by atoms with Crippen molar-refractivity contribution in [2.75, 3.05) is 6.54 Å². The molecule has 2 aromatic rings. The van der Waals surface area contributed by atoms with Crippen LogP contribution in [0, 0.1) is 0 Å². The number of hydrogen-bond acceptors (Lipinski definition) is 4. The van der Waals surface area contributed by atoms with Crippen LogP contribution in [0.4, 0.5) is 0 Å². The summed E-state index contributed by atoms with van der Waals surface area (Å²) >= 11 is 0. The second-order valence-corrected chi connectivity index (χ2v) is 5.46. The first-order chi connectivity index (χ1) is 8.59. The molecule has 5 nitrogen and oxygen atoms in total. The second kappa shape index (κ2) is 5.34. The lowest BCUT2D eigenvalue weighted by molar-refractivity contribution is 0.154. The molecular weight excluding hydrogens is 254 g/mol. The highest BCUT2D eigenvalue weighted by Crippen LogP contribution is 2.13. The van der Waals surface area contributed by atoms with Crippen molar-refractivity contribution in [3.63, 3.8) is 0 Å². The Hall–Kier alpha value is -1.63. The van der Waals surface area contributed by atoms with Crippen LogP contribution in [0.5, 0.6) is 0 Å². The van der Waals surface area contributed by atoms with Gasteiger partial charge in [0.15, 0.2) is 0 Å². The zero-order valence-corrected chi connectivity index (χ0v) is 10.3. The highest BCUT2D eigenvalue weighted by molar-refractivity contribution is 7.89. The number of benzene rings is 1. The van der Waals surface area contributed by atoms with E-state index in [4.69, 9.17) is 4.42 Å². The molecule has 6 heteroatoms. The van der Waals surface area contributed by atoms with Crippen LogP contribution in [0.1, 0.15) is 11.9 Å². The summed E-state index contributed by atoms with van der Waals surface area (Å²) in [5, 5.41) is 9.70. The molecule has 0 aliphatic rings. The number of nitrogens with one attached hydrogen (secondary N) is 1. The molecule has 0 fully saturated rings. The van der Waals surface area contributed by atoms with Gasteiger partial charge in [0.2, 0.25) is 10.0 Å². The Morgan fingerprint density at radius 3 is 2.50 bits per heavy atom. The fourth-order valence-electron chi connectivity index (χ4n) is 1.45. The molecule has 1 aromatic heterocycles. The van der Waals surface area contributed by atoms with Crippen LogP contribution in [0.15, 0.2) is 58.0 Å². The summed E-state index contributed by atoms with van der Waals surface area (Å²) in [6, 6.07) is 11.2. The Kier molecular flexibility index (Phi) is 3.81. The largest absolute Gasteiger partial charge is 0.467 e. The molecule has 1 unspecified atom stereocenters. The third-order valence-electron chi connectivity index (χ3n) is 2.39. The van der Waals surface area contributed by atoms with Gasteiger partial charge in [0.1, 0.15) is 11.9 Å². The summed E-state index contributed by atoms with van der Waals surface area (Å²) in [6.07, 6.45) is 0.419. The lowest BCUT2D eigenvalue weighted by Gasteiger charge is -2.10. The van der Waals surface area contributed by atoms with E-state index in [-0.39, 0.29) is 11.4 Å². The minimum absolute atomic E-state index is 0.134. The molecule has 0 aliphatic heterocycles. The van der Waals surface area contributed by atoms with Gasteiger partial charge < -0.3 is 9.52 Å². The molecule has 0 saturated carbocycles. The number of rotatable bonds is 5. The minimum atomic E-state index is -3.60. The Morgan fingerprint density at radius 1 is 1.17 bits per heavy atom.